The maximum absolute atomic E-state index is 11.8. The van der Waals surface area contributed by atoms with E-state index in [0.29, 0.717) is 24.6 Å². The van der Waals surface area contributed by atoms with Crippen LogP contribution in [0.5, 0.6) is 0 Å². The van der Waals surface area contributed by atoms with Crippen LogP contribution in [0.3, 0.4) is 0 Å². The standard InChI is InChI=1S/C12H16N2O4S/c15-11(9-3-1-2-6-18-9)13-5-4-10-14-8(7-19-10)12(16)17/h7,9H,1-6H2,(H,13,15)(H,16,17)/t9-/m1/s1. The average Bonchev–Trinajstić information content (AvgIpc) is 2.89. The van der Waals surface area contributed by atoms with Crippen molar-refractivity contribution in [3.05, 3.63) is 16.1 Å². The lowest BCUT2D eigenvalue weighted by molar-refractivity contribution is -0.135. The van der Waals surface area contributed by atoms with Crippen LogP contribution in [0, 0.1) is 0 Å². The van der Waals surface area contributed by atoms with Crippen LogP contribution in [-0.2, 0) is 16.0 Å². The number of thiazole rings is 1. The lowest BCUT2D eigenvalue weighted by atomic mass is 10.1. The van der Waals surface area contributed by atoms with Gasteiger partial charge in [-0.05, 0) is 19.3 Å². The molecule has 1 fully saturated rings. The fraction of sp³-hybridized carbons (Fsp3) is 0.583. The summed E-state index contributed by atoms with van der Waals surface area (Å²) in [6.45, 7) is 1.10. The first-order valence-corrected chi connectivity index (χ1v) is 7.12. The second-order valence-electron chi connectivity index (χ2n) is 4.33. The van der Waals surface area contributed by atoms with Gasteiger partial charge in [-0.1, -0.05) is 0 Å². The van der Waals surface area contributed by atoms with Crippen LogP contribution >= 0.6 is 11.3 Å². The summed E-state index contributed by atoms with van der Waals surface area (Å²) in [6.07, 6.45) is 3.01. The summed E-state index contributed by atoms with van der Waals surface area (Å²) in [4.78, 5) is 26.4. The van der Waals surface area contributed by atoms with E-state index in [2.05, 4.69) is 10.3 Å². The third kappa shape index (κ3) is 4.00. The molecule has 2 heterocycles. The number of amides is 1. The fourth-order valence-corrected chi connectivity index (χ4v) is 2.65. The Balaban J connectivity index is 1.73. The van der Waals surface area contributed by atoms with Crippen molar-refractivity contribution in [1.82, 2.24) is 10.3 Å². The number of carbonyl (C=O) groups is 2. The fourth-order valence-electron chi connectivity index (χ4n) is 1.88. The Morgan fingerprint density at radius 1 is 1.53 bits per heavy atom. The quantitative estimate of drug-likeness (QED) is 0.844. The monoisotopic (exact) mass is 284 g/mol. The molecule has 1 aromatic rings. The molecule has 7 heteroatoms. The van der Waals surface area contributed by atoms with E-state index in [9.17, 15) is 9.59 Å². The molecule has 1 amide bonds. The van der Waals surface area contributed by atoms with Gasteiger partial charge in [0.15, 0.2) is 5.69 Å². The van der Waals surface area contributed by atoms with Gasteiger partial charge in [0.2, 0.25) is 5.91 Å². The highest BCUT2D eigenvalue weighted by molar-refractivity contribution is 7.09. The van der Waals surface area contributed by atoms with Crippen LogP contribution in [-0.4, -0.2) is 41.2 Å². The van der Waals surface area contributed by atoms with E-state index in [-0.39, 0.29) is 17.7 Å². The zero-order valence-corrected chi connectivity index (χ0v) is 11.2. The van der Waals surface area contributed by atoms with Gasteiger partial charge >= 0.3 is 5.97 Å². The number of rotatable bonds is 5. The van der Waals surface area contributed by atoms with Crippen LogP contribution in [0.2, 0.25) is 0 Å². The summed E-state index contributed by atoms with van der Waals surface area (Å²) < 4.78 is 5.38. The molecule has 1 aromatic heterocycles. The van der Waals surface area contributed by atoms with E-state index >= 15 is 0 Å². The van der Waals surface area contributed by atoms with Crippen LogP contribution < -0.4 is 5.32 Å². The minimum absolute atomic E-state index is 0.0574. The highest BCUT2D eigenvalue weighted by atomic mass is 32.1. The zero-order chi connectivity index (χ0) is 13.7. The Morgan fingerprint density at radius 2 is 2.37 bits per heavy atom. The van der Waals surface area contributed by atoms with E-state index in [1.165, 1.54) is 16.7 Å². The maximum atomic E-state index is 11.8. The first kappa shape index (κ1) is 14.0. The van der Waals surface area contributed by atoms with Crippen molar-refractivity contribution in [2.45, 2.75) is 31.8 Å². The predicted molar refractivity (Wildman–Crippen MR) is 69.4 cm³/mol. The lowest BCUT2D eigenvalue weighted by Gasteiger charge is -2.21. The number of nitrogens with one attached hydrogen (secondary N) is 1. The molecule has 0 radical (unpaired) electrons. The molecule has 0 spiro atoms. The van der Waals surface area contributed by atoms with E-state index in [4.69, 9.17) is 9.84 Å². The molecular formula is C12H16N2O4S. The number of carboxylic acids is 1. The number of aromatic carboxylic acids is 1. The minimum Gasteiger partial charge on any atom is -0.476 e. The highest BCUT2D eigenvalue weighted by Crippen LogP contribution is 2.13. The Morgan fingerprint density at radius 3 is 3.00 bits per heavy atom. The van der Waals surface area contributed by atoms with Crippen molar-refractivity contribution in [2.75, 3.05) is 13.2 Å². The Kier molecular flexibility index (Phi) is 4.86. The maximum Gasteiger partial charge on any atom is 0.355 e. The molecule has 0 aromatic carbocycles. The van der Waals surface area contributed by atoms with E-state index < -0.39 is 5.97 Å². The lowest BCUT2D eigenvalue weighted by Crippen LogP contribution is -2.39. The Bertz CT molecular complexity index is 454. The van der Waals surface area contributed by atoms with Crippen molar-refractivity contribution < 1.29 is 19.4 Å². The van der Waals surface area contributed by atoms with Gasteiger partial charge in [-0.2, -0.15) is 0 Å². The third-order valence-electron chi connectivity index (χ3n) is 2.88. The highest BCUT2D eigenvalue weighted by Gasteiger charge is 2.21. The van der Waals surface area contributed by atoms with Crippen LogP contribution in [0.25, 0.3) is 0 Å². The molecule has 1 atom stereocenters. The van der Waals surface area contributed by atoms with Crippen molar-refractivity contribution in [1.29, 1.82) is 0 Å². The second-order valence-corrected chi connectivity index (χ2v) is 5.27. The summed E-state index contributed by atoms with van der Waals surface area (Å²) in [6, 6.07) is 0. The molecule has 0 bridgehead atoms. The van der Waals surface area contributed by atoms with Crippen molar-refractivity contribution >= 4 is 23.2 Å². The zero-order valence-electron chi connectivity index (χ0n) is 10.4. The Hall–Kier alpha value is -1.47. The molecule has 6 nitrogen and oxygen atoms in total. The van der Waals surface area contributed by atoms with E-state index in [1.807, 2.05) is 0 Å². The normalized spacial score (nSPS) is 19.1. The average molecular weight is 284 g/mol. The summed E-state index contributed by atoms with van der Waals surface area (Å²) in [7, 11) is 0. The van der Waals surface area contributed by atoms with E-state index in [1.54, 1.807) is 0 Å². The van der Waals surface area contributed by atoms with E-state index in [0.717, 1.165) is 19.3 Å². The third-order valence-corrected chi connectivity index (χ3v) is 3.79. The van der Waals surface area contributed by atoms with Gasteiger partial charge in [0, 0.05) is 25.0 Å². The van der Waals surface area contributed by atoms with Gasteiger partial charge in [-0.3, -0.25) is 4.79 Å². The van der Waals surface area contributed by atoms with Gasteiger partial charge in [0.1, 0.15) is 6.10 Å². The first-order valence-electron chi connectivity index (χ1n) is 6.24. The molecule has 1 aliphatic rings. The van der Waals surface area contributed by atoms with Gasteiger partial charge in [0.25, 0.3) is 0 Å². The Labute approximate surface area is 114 Å². The summed E-state index contributed by atoms with van der Waals surface area (Å²) in [5.74, 6) is -1.11. The van der Waals surface area contributed by atoms with Gasteiger partial charge < -0.3 is 15.2 Å². The SMILES string of the molecule is O=C(O)c1csc(CCNC(=O)[C@H]2CCCCO2)n1. The van der Waals surface area contributed by atoms with Crippen LogP contribution in [0.4, 0.5) is 0 Å². The van der Waals surface area contributed by atoms with Gasteiger partial charge in [0.05, 0.1) is 5.01 Å². The molecule has 0 unspecified atom stereocenters. The molecule has 2 N–H and O–H groups in total. The number of nitrogens with zero attached hydrogens (tertiary/aromatic N) is 1. The number of aromatic nitrogens is 1. The number of ether oxygens (including phenoxy) is 1. The smallest absolute Gasteiger partial charge is 0.355 e. The van der Waals surface area contributed by atoms with Crippen LogP contribution in [0.15, 0.2) is 5.38 Å². The number of hydrogen-bond donors (Lipinski definition) is 2. The molecule has 0 aliphatic carbocycles. The molecule has 2 rings (SSSR count). The number of carboxylic acid groups (broad SMARTS) is 1. The van der Waals surface area contributed by atoms with Crippen LogP contribution in [0.1, 0.15) is 34.8 Å². The van der Waals surface area contributed by atoms with Crippen molar-refractivity contribution in [2.24, 2.45) is 0 Å². The summed E-state index contributed by atoms with van der Waals surface area (Å²) in [5.41, 5.74) is 0.0574. The first-order chi connectivity index (χ1) is 9.16. The number of carbonyl (C=O) groups excluding carboxylic acids is 1. The minimum atomic E-state index is -1.03. The predicted octanol–water partition coefficient (Wildman–Crippen LogP) is 1.07. The second kappa shape index (κ2) is 6.63. The van der Waals surface area contributed by atoms with Gasteiger partial charge in [-0.15, -0.1) is 11.3 Å². The summed E-state index contributed by atoms with van der Waals surface area (Å²) in [5, 5.41) is 13.7. The largest absolute Gasteiger partial charge is 0.476 e. The number of hydrogen-bond acceptors (Lipinski definition) is 5. The molecule has 19 heavy (non-hydrogen) atoms. The molecular weight excluding hydrogens is 268 g/mol. The van der Waals surface area contributed by atoms with Crippen molar-refractivity contribution in [3.8, 4) is 0 Å². The molecule has 1 aliphatic heterocycles. The molecule has 1 saturated heterocycles. The molecule has 104 valence electrons. The van der Waals surface area contributed by atoms with Gasteiger partial charge in [-0.25, -0.2) is 9.78 Å². The summed E-state index contributed by atoms with van der Waals surface area (Å²) >= 11 is 1.29. The van der Waals surface area contributed by atoms with Crippen molar-refractivity contribution in [3.63, 3.8) is 0 Å². The molecule has 0 saturated carbocycles. The topological polar surface area (TPSA) is 88.5 Å².